The number of hydrogen-bond donors (Lipinski definition) is 0. The summed E-state index contributed by atoms with van der Waals surface area (Å²) in [5.74, 6) is 0. The van der Waals surface area contributed by atoms with E-state index in [0.29, 0.717) is 0 Å². The SMILES string of the molecule is CCc1cccc([SiH2]Cl)c1CC. The zero-order chi connectivity index (χ0) is 8.97. The fraction of sp³-hybridized carbons (Fsp3) is 0.400. The molecule has 1 aromatic rings. The minimum atomic E-state index is -0.507. The number of rotatable bonds is 3. The van der Waals surface area contributed by atoms with Crippen LogP contribution in [0.5, 0.6) is 0 Å². The van der Waals surface area contributed by atoms with Gasteiger partial charge < -0.3 is 0 Å². The van der Waals surface area contributed by atoms with Crippen molar-refractivity contribution in [2.45, 2.75) is 26.7 Å². The average molecular weight is 199 g/mol. The van der Waals surface area contributed by atoms with E-state index in [1.54, 1.807) is 0 Å². The summed E-state index contributed by atoms with van der Waals surface area (Å²) in [6.45, 7) is 4.41. The highest BCUT2D eigenvalue weighted by Crippen LogP contribution is 2.07. The molecular formula is C10H15ClSi. The third-order valence-electron chi connectivity index (χ3n) is 2.25. The predicted octanol–water partition coefficient (Wildman–Crippen LogP) is 1.76. The maximum atomic E-state index is 5.98. The number of aryl methyl sites for hydroxylation is 1. The molecule has 12 heavy (non-hydrogen) atoms. The van der Waals surface area contributed by atoms with E-state index >= 15 is 0 Å². The molecule has 0 spiro atoms. The van der Waals surface area contributed by atoms with Crippen molar-refractivity contribution in [2.75, 3.05) is 0 Å². The van der Waals surface area contributed by atoms with E-state index in [2.05, 4.69) is 32.0 Å². The van der Waals surface area contributed by atoms with Gasteiger partial charge in [-0.05, 0) is 29.2 Å². The van der Waals surface area contributed by atoms with Crippen LogP contribution >= 0.6 is 11.1 Å². The van der Waals surface area contributed by atoms with Crippen LogP contribution in [0.4, 0.5) is 0 Å². The molecule has 0 aliphatic rings. The van der Waals surface area contributed by atoms with Gasteiger partial charge in [0.15, 0.2) is 8.83 Å². The second kappa shape index (κ2) is 4.68. The van der Waals surface area contributed by atoms with E-state index in [1.807, 2.05) is 0 Å². The van der Waals surface area contributed by atoms with Crippen LogP contribution in [0.1, 0.15) is 25.0 Å². The molecule has 0 heterocycles. The van der Waals surface area contributed by atoms with Gasteiger partial charge in [0.25, 0.3) is 0 Å². The highest BCUT2D eigenvalue weighted by molar-refractivity contribution is 7.01. The van der Waals surface area contributed by atoms with Gasteiger partial charge in [-0.25, -0.2) is 0 Å². The third-order valence-corrected chi connectivity index (χ3v) is 4.06. The van der Waals surface area contributed by atoms with Gasteiger partial charge >= 0.3 is 0 Å². The zero-order valence-electron chi connectivity index (χ0n) is 7.73. The first-order chi connectivity index (χ1) is 5.83. The summed E-state index contributed by atoms with van der Waals surface area (Å²) < 4.78 is 0. The standard InChI is InChI=1S/C10H15ClSi/c1-3-8-6-5-7-10(12-11)9(8)4-2/h5-7H,3-4,12H2,1-2H3. The molecule has 1 rings (SSSR count). The van der Waals surface area contributed by atoms with Crippen molar-refractivity contribution in [3.63, 3.8) is 0 Å². The van der Waals surface area contributed by atoms with Crippen molar-refractivity contribution in [3.8, 4) is 0 Å². The van der Waals surface area contributed by atoms with Crippen LogP contribution in [0.2, 0.25) is 0 Å². The van der Waals surface area contributed by atoms with Crippen LogP contribution in [0.3, 0.4) is 0 Å². The Morgan fingerprint density at radius 2 is 2.00 bits per heavy atom. The maximum absolute atomic E-state index is 5.98. The molecule has 2 heteroatoms. The first-order valence-corrected chi connectivity index (χ1v) is 7.33. The molecule has 0 bridgehead atoms. The highest BCUT2D eigenvalue weighted by Gasteiger charge is 2.03. The van der Waals surface area contributed by atoms with Gasteiger partial charge in [0, 0.05) is 0 Å². The fourth-order valence-corrected chi connectivity index (χ4v) is 3.21. The summed E-state index contributed by atoms with van der Waals surface area (Å²) in [6, 6.07) is 6.52. The van der Waals surface area contributed by atoms with Crippen LogP contribution in [0.15, 0.2) is 18.2 Å². The van der Waals surface area contributed by atoms with Gasteiger partial charge in [0.2, 0.25) is 0 Å². The largest absolute Gasteiger partial charge is 0.170 e. The molecule has 0 N–H and O–H groups in total. The first-order valence-electron chi connectivity index (χ1n) is 4.49. The molecule has 0 atom stereocenters. The Morgan fingerprint density at radius 3 is 2.50 bits per heavy atom. The van der Waals surface area contributed by atoms with E-state index < -0.39 is 8.83 Å². The minimum absolute atomic E-state index is 0.507. The Kier molecular flexibility index (Phi) is 3.83. The lowest BCUT2D eigenvalue weighted by molar-refractivity contribution is 1.05. The first kappa shape index (κ1) is 9.81. The summed E-state index contributed by atoms with van der Waals surface area (Å²) in [7, 11) is -0.507. The third kappa shape index (κ3) is 1.90. The molecule has 0 nitrogen and oxygen atoms in total. The quantitative estimate of drug-likeness (QED) is 0.513. The van der Waals surface area contributed by atoms with Gasteiger partial charge in [-0.2, -0.15) is 11.1 Å². The summed E-state index contributed by atoms with van der Waals surface area (Å²) in [5, 5.41) is 1.43. The van der Waals surface area contributed by atoms with Gasteiger partial charge in [0.05, 0.1) is 0 Å². The molecule has 0 saturated heterocycles. The van der Waals surface area contributed by atoms with Crippen LogP contribution in [-0.2, 0) is 12.8 Å². The van der Waals surface area contributed by atoms with Crippen molar-refractivity contribution in [2.24, 2.45) is 0 Å². The maximum Gasteiger partial charge on any atom is 0.156 e. The summed E-state index contributed by atoms with van der Waals surface area (Å²) in [5.41, 5.74) is 2.98. The zero-order valence-corrected chi connectivity index (χ0v) is 9.90. The van der Waals surface area contributed by atoms with E-state index in [9.17, 15) is 0 Å². The van der Waals surface area contributed by atoms with Crippen LogP contribution in [0, 0.1) is 0 Å². The van der Waals surface area contributed by atoms with Crippen LogP contribution < -0.4 is 5.19 Å². The summed E-state index contributed by atoms with van der Waals surface area (Å²) in [6.07, 6.45) is 2.25. The molecule has 0 aliphatic heterocycles. The molecule has 0 radical (unpaired) electrons. The second-order valence-electron chi connectivity index (χ2n) is 2.90. The van der Waals surface area contributed by atoms with Gasteiger partial charge in [-0.3, -0.25) is 0 Å². The highest BCUT2D eigenvalue weighted by atomic mass is 35.6. The lowest BCUT2D eigenvalue weighted by Gasteiger charge is -2.09. The Hall–Kier alpha value is -0.273. The topological polar surface area (TPSA) is 0 Å². The number of halogens is 1. The van der Waals surface area contributed by atoms with Crippen LogP contribution in [-0.4, -0.2) is 8.83 Å². The van der Waals surface area contributed by atoms with Gasteiger partial charge in [-0.15, -0.1) is 0 Å². The predicted molar refractivity (Wildman–Crippen MR) is 59.2 cm³/mol. The van der Waals surface area contributed by atoms with E-state index in [4.69, 9.17) is 11.1 Å². The molecule has 0 unspecified atom stereocenters. The lowest BCUT2D eigenvalue weighted by atomic mass is 10.0. The Balaban J connectivity index is 3.13. The van der Waals surface area contributed by atoms with Gasteiger partial charge in [-0.1, -0.05) is 32.0 Å². The molecule has 0 amide bonds. The summed E-state index contributed by atoms with van der Waals surface area (Å²) in [4.78, 5) is 0. The van der Waals surface area contributed by atoms with Crippen molar-refractivity contribution in [1.29, 1.82) is 0 Å². The van der Waals surface area contributed by atoms with Crippen molar-refractivity contribution < 1.29 is 0 Å². The molecule has 66 valence electrons. The van der Waals surface area contributed by atoms with Crippen LogP contribution in [0.25, 0.3) is 0 Å². The van der Waals surface area contributed by atoms with Gasteiger partial charge in [0.1, 0.15) is 0 Å². The smallest absolute Gasteiger partial charge is 0.156 e. The normalized spacial score (nSPS) is 11.2. The molecule has 0 aromatic heterocycles. The molecular weight excluding hydrogens is 184 g/mol. The summed E-state index contributed by atoms with van der Waals surface area (Å²) >= 11 is 5.98. The van der Waals surface area contributed by atoms with Crippen molar-refractivity contribution in [1.82, 2.24) is 0 Å². The average Bonchev–Trinajstić information content (AvgIpc) is 2.16. The Morgan fingerprint density at radius 1 is 1.25 bits per heavy atom. The van der Waals surface area contributed by atoms with Crippen molar-refractivity contribution >= 4 is 25.1 Å². The monoisotopic (exact) mass is 198 g/mol. The lowest BCUT2D eigenvalue weighted by Crippen LogP contribution is -2.16. The second-order valence-corrected chi connectivity index (χ2v) is 4.73. The van der Waals surface area contributed by atoms with E-state index in [1.165, 1.54) is 16.3 Å². The Bertz CT molecular complexity index is 236. The van der Waals surface area contributed by atoms with E-state index in [0.717, 1.165) is 12.8 Å². The van der Waals surface area contributed by atoms with Crippen molar-refractivity contribution in [3.05, 3.63) is 29.3 Å². The Labute approximate surface area is 81.5 Å². The fourth-order valence-electron chi connectivity index (χ4n) is 1.60. The molecule has 0 aliphatic carbocycles. The number of benzene rings is 1. The molecule has 0 saturated carbocycles. The van der Waals surface area contributed by atoms with E-state index in [-0.39, 0.29) is 0 Å². The molecule has 0 fully saturated rings. The minimum Gasteiger partial charge on any atom is -0.170 e. The number of hydrogen-bond acceptors (Lipinski definition) is 0. The molecule has 1 aromatic carbocycles.